The molecule has 0 unspecified atom stereocenters. The Labute approximate surface area is 202 Å². The SMILES string of the molecule is COc1c2c(c(OC)c3ccccc13)[C@@H]1C[C@H]2[C@@H]2[C@H]1[C@@]1(C)[C@@H]3[C@@H]4C[C@@H]([C@H]5C=CC=C[C@H]54)[C@@H]3[C@@]21C. The third kappa shape index (κ3) is 1.58. The molecule has 0 N–H and O–H groups in total. The van der Waals surface area contributed by atoms with E-state index in [4.69, 9.17) is 9.47 Å². The zero-order valence-corrected chi connectivity index (χ0v) is 20.6. The van der Waals surface area contributed by atoms with Gasteiger partial charge in [0.25, 0.3) is 0 Å². The van der Waals surface area contributed by atoms with E-state index in [-0.39, 0.29) is 0 Å². The van der Waals surface area contributed by atoms with Crippen LogP contribution in [0.4, 0.5) is 0 Å². The van der Waals surface area contributed by atoms with Gasteiger partial charge in [0.05, 0.1) is 14.2 Å². The number of allylic oxidation sites excluding steroid dienone is 4. The number of benzene rings is 2. The minimum absolute atomic E-state index is 0.489. The molecule has 7 aliphatic carbocycles. The molecular weight excluding hydrogens is 416 g/mol. The zero-order chi connectivity index (χ0) is 22.7. The van der Waals surface area contributed by atoms with Crippen molar-refractivity contribution in [1.82, 2.24) is 0 Å². The molecule has 7 aliphatic rings. The normalized spacial score (nSPS) is 51.3. The molecule has 0 spiro atoms. The highest BCUT2D eigenvalue weighted by Crippen LogP contribution is 2.95. The molecule has 0 saturated heterocycles. The first-order chi connectivity index (χ1) is 16.6. The minimum Gasteiger partial charge on any atom is -0.496 e. The number of fused-ring (bicyclic) bond motifs is 22. The second-order valence-electron chi connectivity index (χ2n) is 13.0. The molecule has 5 saturated carbocycles. The standard InChI is InChI=1S/C32H34O2/c1-31-25-19-13-20(16-10-6-5-9-15(16)19)26(25)32(31,2)28-22-14-21(27(28)31)23-24(22)30(34-4)18-12-8-7-11-17(18)29(23)33-3/h5-12,15-16,19-22,25-28H,13-14H2,1-4H3/t15-,16+,19-,20+,21+,22-,25-,26+,27+,28-,31-,32+. The predicted octanol–water partition coefficient (Wildman–Crippen LogP) is 6.95. The maximum Gasteiger partial charge on any atom is 0.130 e. The fraction of sp³-hybridized carbons (Fsp3) is 0.562. The largest absolute Gasteiger partial charge is 0.496 e. The molecule has 0 radical (unpaired) electrons. The summed E-state index contributed by atoms with van der Waals surface area (Å²) >= 11 is 0. The summed E-state index contributed by atoms with van der Waals surface area (Å²) in [4.78, 5) is 0. The van der Waals surface area contributed by atoms with E-state index in [1.807, 2.05) is 14.2 Å². The van der Waals surface area contributed by atoms with E-state index in [0.29, 0.717) is 22.7 Å². The summed E-state index contributed by atoms with van der Waals surface area (Å²) in [6.07, 6.45) is 12.6. The smallest absolute Gasteiger partial charge is 0.130 e. The van der Waals surface area contributed by atoms with Gasteiger partial charge in [0, 0.05) is 21.9 Å². The number of rotatable bonds is 2. The Hall–Kier alpha value is -2.22. The van der Waals surface area contributed by atoms with Crippen molar-refractivity contribution in [1.29, 1.82) is 0 Å². The summed E-state index contributed by atoms with van der Waals surface area (Å²) in [5.74, 6) is 10.5. The van der Waals surface area contributed by atoms with Crippen molar-refractivity contribution in [3.63, 3.8) is 0 Å². The Bertz CT molecular complexity index is 1250. The molecule has 5 fully saturated rings. The Kier molecular flexibility index (Phi) is 3.14. The first kappa shape index (κ1) is 19.0. The first-order valence-corrected chi connectivity index (χ1v) is 13.6. The molecule has 174 valence electrons. The van der Waals surface area contributed by atoms with Gasteiger partial charge in [-0.05, 0) is 82.9 Å². The Morgan fingerprint density at radius 2 is 1.15 bits per heavy atom. The summed E-state index contributed by atoms with van der Waals surface area (Å²) in [6, 6.07) is 8.74. The number of hydrogen-bond donors (Lipinski definition) is 0. The van der Waals surface area contributed by atoms with Crippen molar-refractivity contribution in [2.24, 2.45) is 58.2 Å². The van der Waals surface area contributed by atoms with Gasteiger partial charge in [-0.15, -0.1) is 0 Å². The van der Waals surface area contributed by atoms with E-state index in [9.17, 15) is 0 Å². The van der Waals surface area contributed by atoms with Gasteiger partial charge in [0.2, 0.25) is 0 Å². The van der Waals surface area contributed by atoms with E-state index in [1.165, 1.54) is 34.7 Å². The lowest BCUT2D eigenvalue weighted by Crippen LogP contribution is -2.81. The van der Waals surface area contributed by atoms with Gasteiger partial charge in [-0.1, -0.05) is 62.4 Å². The Balaban J connectivity index is 1.24. The Morgan fingerprint density at radius 3 is 1.59 bits per heavy atom. The summed E-state index contributed by atoms with van der Waals surface area (Å²) in [5, 5.41) is 2.45. The van der Waals surface area contributed by atoms with Crippen LogP contribution < -0.4 is 9.47 Å². The van der Waals surface area contributed by atoms with Crippen molar-refractivity contribution >= 4 is 10.8 Å². The van der Waals surface area contributed by atoms with Gasteiger partial charge in [0.15, 0.2) is 0 Å². The fourth-order valence-electron chi connectivity index (χ4n) is 12.6. The maximum atomic E-state index is 6.20. The van der Waals surface area contributed by atoms with Crippen molar-refractivity contribution in [2.45, 2.75) is 38.5 Å². The summed E-state index contributed by atoms with van der Waals surface area (Å²) < 4.78 is 12.4. The van der Waals surface area contributed by atoms with Crippen LogP contribution >= 0.6 is 0 Å². The second kappa shape index (κ2) is 5.61. The first-order valence-electron chi connectivity index (χ1n) is 13.6. The fourth-order valence-corrected chi connectivity index (χ4v) is 12.6. The quantitative estimate of drug-likeness (QED) is 0.364. The molecular formula is C32H34O2. The molecule has 0 heterocycles. The monoisotopic (exact) mass is 450 g/mol. The van der Waals surface area contributed by atoms with Crippen LogP contribution in [-0.4, -0.2) is 14.2 Å². The summed E-state index contributed by atoms with van der Waals surface area (Å²) in [7, 11) is 3.76. The van der Waals surface area contributed by atoms with E-state index in [0.717, 1.165) is 58.8 Å². The maximum absolute atomic E-state index is 6.20. The summed E-state index contributed by atoms with van der Waals surface area (Å²) in [6.45, 7) is 5.44. The van der Waals surface area contributed by atoms with Crippen LogP contribution in [0.25, 0.3) is 10.8 Å². The predicted molar refractivity (Wildman–Crippen MR) is 134 cm³/mol. The number of methoxy groups -OCH3 is 2. The second-order valence-corrected chi connectivity index (χ2v) is 13.0. The van der Waals surface area contributed by atoms with Crippen LogP contribution in [-0.2, 0) is 0 Å². The minimum atomic E-state index is 0.489. The molecule has 0 aromatic heterocycles. The molecule has 9 rings (SSSR count). The van der Waals surface area contributed by atoms with Gasteiger partial charge < -0.3 is 9.47 Å². The molecule has 4 bridgehead atoms. The third-order valence-electron chi connectivity index (χ3n) is 13.1. The molecule has 2 aromatic rings. The van der Waals surface area contributed by atoms with Crippen LogP contribution in [0.15, 0.2) is 48.6 Å². The lowest BCUT2D eigenvalue weighted by Gasteiger charge is -2.84. The van der Waals surface area contributed by atoms with Crippen molar-refractivity contribution < 1.29 is 9.47 Å². The lowest BCUT2D eigenvalue weighted by atomic mass is 9.19. The average Bonchev–Trinajstić information content (AvgIpc) is 3.63. The molecule has 34 heavy (non-hydrogen) atoms. The topological polar surface area (TPSA) is 18.5 Å². The van der Waals surface area contributed by atoms with E-state index in [2.05, 4.69) is 62.4 Å². The van der Waals surface area contributed by atoms with Crippen molar-refractivity contribution in [3.8, 4) is 11.5 Å². The van der Waals surface area contributed by atoms with E-state index < -0.39 is 0 Å². The van der Waals surface area contributed by atoms with Crippen LogP contribution in [0.5, 0.6) is 11.5 Å². The van der Waals surface area contributed by atoms with Crippen LogP contribution in [0.3, 0.4) is 0 Å². The molecule has 2 heteroatoms. The van der Waals surface area contributed by atoms with Crippen molar-refractivity contribution in [3.05, 3.63) is 59.7 Å². The van der Waals surface area contributed by atoms with E-state index >= 15 is 0 Å². The zero-order valence-electron chi connectivity index (χ0n) is 20.6. The van der Waals surface area contributed by atoms with Gasteiger partial charge in [-0.2, -0.15) is 0 Å². The molecule has 12 atom stereocenters. The van der Waals surface area contributed by atoms with Crippen molar-refractivity contribution in [2.75, 3.05) is 14.2 Å². The van der Waals surface area contributed by atoms with Gasteiger partial charge >= 0.3 is 0 Å². The molecule has 2 aromatic carbocycles. The summed E-state index contributed by atoms with van der Waals surface area (Å²) in [5.41, 5.74) is 4.00. The van der Waals surface area contributed by atoms with Crippen LogP contribution in [0, 0.1) is 58.2 Å². The average molecular weight is 451 g/mol. The molecule has 2 nitrogen and oxygen atoms in total. The lowest BCUT2D eigenvalue weighted by molar-refractivity contribution is -0.367. The van der Waals surface area contributed by atoms with Crippen LogP contribution in [0.1, 0.15) is 49.7 Å². The highest BCUT2D eigenvalue weighted by Gasteiger charge is 2.89. The van der Waals surface area contributed by atoms with Gasteiger partial charge in [-0.25, -0.2) is 0 Å². The van der Waals surface area contributed by atoms with Crippen LogP contribution in [0.2, 0.25) is 0 Å². The van der Waals surface area contributed by atoms with E-state index in [1.54, 1.807) is 0 Å². The van der Waals surface area contributed by atoms with Gasteiger partial charge in [0.1, 0.15) is 11.5 Å². The molecule has 0 aliphatic heterocycles. The highest BCUT2D eigenvalue weighted by atomic mass is 16.5. The third-order valence-corrected chi connectivity index (χ3v) is 13.1. The highest BCUT2D eigenvalue weighted by molar-refractivity contribution is 5.97. The molecule has 0 amide bonds. The Morgan fingerprint density at radius 1 is 0.676 bits per heavy atom. The number of ether oxygens (including phenoxy) is 2. The van der Waals surface area contributed by atoms with Gasteiger partial charge in [-0.3, -0.25) is 0 Å². The number of hydrogen-bond acceptors (Lipinski definition) is 2.